The molecule has 2 amide bonds. The van der Waals surface area contributed by atoms with Crippen molar-refractivity contribution in [3.05, 3.63) is 28.2 Å². The Balaban J connectivity index is 2.49. The van der Waals surface area contributed by atoms with E-state index in [1.807, 2.05) is 0 Å². The number of hydrogen-bond donors (Lipinski definition) is 2. The maximum absolute atomic E-state index is 12.7. The number of amides is 2. The third-order valence-corrected chi connectivity index (χ3v) is 3.38. The number of carboxylic acid groups (broad SMARTS) is 1. The summed E-state index contributed by atoms with van der Waals surface area (Å²) in [4.78, 5) is 49.1. The lowest BCUT2D eigenvalue weighted by Crippen LogP contribution is -2.58. The third-order valence-electron chi connectivity index (χ3n) is 3.38. The highest BCUT2D eigenvalue weighted by Crippen LogP contribution is 2.13. The Bertz CT molecular complexity index is 745. The molecule has 2 N–H and O–H groups in total. The normalized spacial score (nSPS) is 17.2. The van der Waals surface area contributed by atoms with Crippen LogP contribution in [0, 0.1) is 0 Å². The first-order chi connectivity index (χ1) is 11.6. The molecule has 10 nitrogen and oxygen atoms in total. The molecule has 0 spiro atoms. The molecular weight excluding hydrogens is 332 g/mol. The number of carbonyl (C=O) groups is 3. The SMILES string of the molecule is CC(C)(C)OC(=O)N(C(=O)[C@@H]1CCCN1)n1nccc(C(=O)O)c1=O. The van der Waals surface area contributed by atoms with Gasteiger partial charge >= 0.3 is 17.6 Å². The molecule has 136 valence electrons. The van der Waals surface area contributed by atoms with Crippen molar-refractivity contribution >= 4 is 18.0 Å². The Hall–Kier alpha value is -2.75. The Morgan fingerprint density at radius 3 is 2.60 bits per heavy atom. The molecule has 2 heterocycles. The fraction of sp³-hybridized carbons (Fsp3) is 0.533. The molecule has 0 aromatic carbocycles. The molecule has 10 heteroatoms. The molecule has 1 fully saturated rings. The molecule has 1 aliphatic rings. The quantitative estimate of drug-likeness (QED) is 0.783. The highest BCUT2D eigenvalue weighted by Gasteiger charge is 2.36. The number of carboxylic acids is 1. The Kier molecular flexibility index (Phi) is 5.21. The molecule has 0 bridgehead atoms. The predicted molar refractivity (Wildman–Crippen MR) is 85.9 cm³/mol. The molecule has 25 heavy (non-hydrogen) atoms. The van der Waals surface area contributed by atoms with Crippen LogP contribution < -0.4 is 15.9 Å². The van der Waals surface area contributed by atoms with E-state index in [-0.39, 0.29) is 0 Å². The Morgan fingerprint density at radius 1 is 1.40 bits per heavy atom. The van der Waals surface area contributed by atoms with Crippen LogP contribution in [0.15, 0.2) is 17.1 Å². The third kappa shape index (κ3) is 4.21. The first-order valence-corrected chi connectivity index (χ1v) is 7.74. The maximum Gasteiger partial charge on any atom is 0.438 e. The number of ether oxygens (including phenoxy) is 1. The van der Waals surface area contributed by atoms with Crippen molar-refractivity contribution in [2.45, 2.75) is 45.3 Å². The van der Waals surface area contributed by atoms with Crippen LogP contribution >= 0.6 is 0 Å². The zero-order valence-electron chi connectivity index (χ0n) is 14.2. The lowest BCUT2D eigenvalue weighted by Gasteiger charge is -2.27. The van der Waals surface area contributed by atoms with Crippen molar-refractivity contribution in [3.63, 3.8) is 0 Å². The van der Waals surface area contributed by atoms with Gasteiger partial charge in [0.15, 0.2) is 0 Å². The van der Waals surface area contributed by atoms with E-state index >= 15 is 0 Å². The van der Waals surface area contributed by atoms with Gasteiger partial charge in [-0.1, -0.05) is 0 Å². The number of carbonyl (C=O) groups excluding carboxylic acids is 2. The minimum Gasteiger partial charge on any atom is -0.477 e. The average molecular weight is 352 g/mol. The van der Waals surface area contributed by atoms with Crippen molar-refractivity contribution in [1.82, 2.24) is 15.2 Å². The first kappa shape index (κ1) is 18.6. The predicted octanol–water partition coefficient (Wildman–Crippen LogP) is 0.0932. The minimum absolute atomic E-state index is 0.430. The molecule has 1 aromatic heterocycles. The summed E-state index contributed by atoms with van der Waals surface area (Å²) >= 11 is 0. The Morgan fingerprint density at radius 2 is 2.08 bits per heavy atom. The first-order valence-electron chi connectivity index (χ1n) is 7.74. The second-order valence-corrected chi connectivity index (χ2v) is 6.52. The number of aromatic nitrogens is 2. The second kappa shape index (κ2) is 7.01. The van der Waals surface area contributed by atoms with E-state index in [0.29, 0.717) is 22.8 Å². The van der Waals surface area contributed by atoms with Crippen LogP contribution in [-0.2, 0) is 9.53 Å². The molecule has 1 atom stereocenters. The van der Waals surface area contributed by atoms with E-state index in [0.717, 1.165) is 18.7 Å². The van der Waals surface area contributed by atoms with Gasteiger partial charge in [0, 0.05) is 0 Å². The smallest absolute Gasteiger partial charge is 0.438 e. The lowest BCUT2D eigenvalue weighted by atomic mass is 10.2. The largest absolute Gasteiger partial charge is 0.477 e. The van der Waals surface area contributed by atoms with Crippen molar-refractivity contribution < 1.29 is 24.2 Å². The number of nitrogens with one attached hydrogen (secondary N) is 1. The van der Waals surface area contributed by atoms with Gasteiger partial charge in [-0.2, -0.15) is 5.10 Å². The molecule has 1 aliphatic heterocycles. The number of rotatable bonds is 3. The zero-order chi connectivity index (χ0) is 18.8. The van der Waals surface area contributed by atoms with Crippen LogP contribution in [0.3, 0.4) is 0 Å². The van der Waals surface area contributed by atoms with Crippen LogP contribution in [0.2, 0.25) is 0 Å². The van der Waals surface area contributed by atoms with Crippen molar-refractivity contribution in [1.29, 1.82) is 0 Å². The van der Waals surface area contributed by atoms with Gasteiger partial charge in [0.05, 0.1) is 12.2 Å². The number of nitrogens with zero attached hydrogens (tertiary/aromatic N) is 3. The number of aromatic carboxylic acids is 1. The second-order valence-electron chi connectivity index (χ2n) is 6.52. The van der Waals surface area contributed by atoms with Crippen molar-refractivity contribution in [3.8, 4) is 0 Å². The summed E-state index contributed by atoms with van der Waals surface area (Å²) in [6.45, 7) is 5.40. The van der Waals surface area contributed by atoms with Crippen LogP contribution in [0.1, 0.15) is 44.0 Å². The summed E-state index contributed by atoms with van der Waals surface area (Å²) in [5, 5.41) is 16.1. The average Bonchev–Trinajstić information content (AvgIpc) is 3.01. The molecule has 1 aromatic rings. The molecule has 0 saturated carbocycles. The Labute approximate surface area is 143 Å². The van der Waals surface area contributed by atoms with Crippen LogP contribution in [0.4, 0.5) is 4.79 Å². The highest BCUT2D eigenvalue weighted by atomic mass is 16.6. The van der Waals surface area contributed by atoms with Crippen molar-refractivity contribution in [2.75, 3.05) is 11.6 Å². The van der Waals surface area contributed by atoms with Gasteiger partial charge in [-0.3, -0.25) is 9.59 Å². The van der Waals surface area contributed by atoms with Crippen LogP contribution in [-0.4, -0.2) is 51.2 Å². The highest BCUT2D eigenvalue weighted by molar-refractivity contribution is 6.07. The van der Waals surface area contributed by atoms with E-state index < -0.39 is 40.7 Å². The van der Waals surface area contributed by atoms with Gasteiger partial charge in [0.25, 0.3) is 5.91 Å². The van der Waals surface area contributed by atoms with Gasteiger partial charge in [-0.15, -0.1) is 9.80 Å². The van der Waals surface area contributed by atoms with Crippen LogP contribution in [0.5, 0.6) is 0 Å². The van der Waals surface area contributed by atoms with Gasteiger partial charge < -0.3 is 15.2 Å². The minimum atomic E-state index is -1.49. The summed E-state index contributed by atoms with van der Waals surface area (Å²) in [5.74, 6) is -2.22. The monoisotopic (exact) mass is 352 g/mol. The zero-order valence-corrected chi connectivity index (χ0v) is 14.2. The molecular formula is C15H20N4O6. The molecule has 0 radical (unpaired) electrons. The summed E-state index contributed by atoms with van der Waals surface area (Å²) < 4.78 is 5.18. The van der Waals surface area contributed by atoms with Gasteiger partial charge in [-0.25, -0.2) is 9.59 Å². The maximum atomic E-state index is 12.7. The van der Waals surface area contributed by atoms with Gasteiger partial charge in [0.2, 0.25) is 0 Å². The van der Waals surface area contributed by atoms with Crippen molar-refractivity contribution in [2.24, 2.45) is 0 Å². The molecule has 1 saturated heterocycles. The molecule has 0 unspecified atom stereocenters. The summed E-state index contributed by atoms with van der Waals surface area (Å²) in [5.41, 5.74) is -2.64. The summed E-state index contributed by atoms with van der Waals surface area (Å²) in [6, 6.07) is 0.307. The fourth-order valence-electron chi connectivity index (χ4n) is 2.32. The number of imide groups is 1. The van der Waals surface area contributed by atoms with E-state index in [4.69, 9.17) is 9.84 Å². The lowest BCUT2D eigenvalue weighted by molar-refractivity contribution is -0.121. The van der Waals surface area contributed by atoms with Gasteiger partial charge in [-0.05, 0) is 46.2 Å². The van der Waals surface area contributed by atoms with E-state index in [2.05, 4.69) is 10.4 Å². The summed E-state index contributed by atoms with van der Waals surface area (Å²) in [7, 11) is 0. The van der Waals surface area contributed by atoms with Crippen LogP contribution in [0.25, 0.3) is 0 Å². The standard InChI is InChI=1S/C15H20N4O6/c1-15(2,3)25-14(24)18(12(21)10-5-4-7-16-10)19-11(20)9(13(22)23)6-8-17-19/h6,8,10,16H,4-5,7H2,1-3H3,(H,22,23)/t10-/m0/s1. The number of hydrogen-bond acceptors (Lipinski definition) is 7. The topological polar surface area (TPSA) is 131 Å². The summed E-state index contributed by atoms with van der Waals surface area (Å²) in [6.07, 6.45) is 1.13. The fourth-order valence-corrected chi connectivity index (χ4v) is 2.32. The van der Waals surface area contributed by atoms with E-state index in [9.17, 15) is 19.2 Å². The molecule has 2 rings (SSSR count). The molecule has 0 aliphatic carbocycles. The van der Waals surface area contributed by atoms with Gasteiger partial charge in [0.1, 0.15) is 11.2 Å². The van der Waals surface area contributed by atoms with E-state index in [1.54, 1.807) is 20.8 Å². The van der Waals surface area contributed by atoms with E-state index in [1.165, 1.54) is 0 Å².